The van der Waals surface area contributed by atoms with Gasteiger partial charge in [0.2, 0.25) is 0 Å². The normalized spacial score (nSPS) is 21.4. The Morgan fingerprint density at radius 3 is 2.58 bits per heavy atom. The van der Waals surface area contributed by atoms with Crippen molar-refractivity contribution >= 4 is 22.8 Å². The minimum Gasteiger partial charge on any atom is -0.369 e. The topological polar surface area (TPSA) is 26.8 Å². The molecule has 0 saturated carbocycles. The Morgan fingerprint density at radius 1 is 1.13 bits per heavy atom. The molecule has 1 atom stereocenters. The Kier molecular flexibility index (Phi) is 6.69. The molecule has 1 unspecified atom stereocenters. The lowest BCUT2D eigenvalue weighted by atomic mass is 10.0. The van der Waals surface area contributed by atoms with Crippen LogP contribution in [0.1, 0.15) is 40.6 Å². The number of piperazine rings is 1. The lowest BCUT2D eigenvalue weighted by molar-refractivity contribution is -0.137. The van der Waals surface area contributed by atoms with Crippen molar-refractivity contribution in [2.45, 2.75) is 38.5 Å². The molecule has 0 bridgehead atoms. The number of Topliss-reactive ketones (excluding diaryl/α,β-unsaturated/α-hetero) is 1. The molecule has 1 aromatic heterocycles. The van der Waals surface area contributed by atoms with Crippen LogP contribution >= 0.6 is 11.3 Å². The van der Waals surface area contributed by atoms with Crippen LogP contribution in [0, 0.1) is 0 Å². The van der Waals surface area contributed by atoms with Gasteiger partial charge in [-0.2, -0.15) is 13.2 Å². The Bertz CT molecular complexity index is 905. The van der Waals surface area contributed by atoms with Crippen molar-refractivity contribution in [3.8, 4) is 0 Å². The zero-order chi connectivity index (χ0) is 22.0. The second-order valence-corrected chi connectivity index (χ2v) is 9.39. The molecule has 0 radical (unpaired) electrons. The monoisotopic (exact) mass is 451 g/mol. The first kappa shape index (κ1) is 22.3. The number of alkyl halides is 3. The molecule has 0 spiro atoms. The number of rotatable bonds is 5. The highest BCUT2D eigenvalue weighted by atomic mass is 32.1. The third-order valence-corrected chi connectivity index (χ3v) is 7.34. The quantitative estimate of drug-likeness (QED) is 0.613. The van der Waals surface area contributed by atoms with Crippen LogP contribution in [-0.4, -0.2) is 60.9 Å². The average molecular weight is 452 g/mol. The van der Waals surface area contributed by atoms with Crippen LogP contribution in [0.2, 0.25) is 0 Å². The SMILES string of the molecule is CC(=O)c1cc(CN2CCCC(N3CCN(c4cccc(C(F)(F)F)c4)CC3)C2)cs1. The van der Waals surface area contributed by atoms with Gasteiger partial charge in [-0.3, -0.25) is 14.6 Å². The van der Waals surface area contributed by atoms with Crippen molar-refractivity contribution in [2.75, 3.05) is 44.2 Å². The van der Waals surface area contributed by atoms with Crippen molar-refractivity contribution < 1.29 is 18.0 Å². The summed E-state index contributed by atoms with van der Waals surface area (Å²) in [6, 6.07) is 8.12. The van der Waals surface area contributed by atoms with E-state index in [1.54, 1.807) is 13.0 Å². The molecule has 168 valence electrons. The molecule has 2 aliphatic heterocycles. The maximum Gasteiger partial charge on any atom is 0.416 e. The molecule has 2 saturated heterocycles. The molecule has 4 rings (SSSR count). The summed E-state index contributed by atoms with van der Waals surface area (Å²) in [6.45, 7) is 7.73. The zero-order valence-electron chi connectivity index (χ0n) is 17.7. The fourth-order valence-electron chi connectivity index (χ4n) is 4.60. The lowest BCUT2D eigenvalue weighted by Gasteiger charge is -2.44. The molecule has 8 heteroatoms. The Balaban J connectivity index is 1.31. The number of anilines is 1. The van der Waals surface area contributed by atoms with Crippen molar-refractivity contribution in [1.82, 2.24) is 9.80 Å². The second-order valence-electron chi connectivity index (χ2n) is 8.48. The number of hydrogen-bond donors (Lipinski definition) is 0. The predicted octanol–water partition coefficient (Wildman–Crippen LogP) is 4.76. The van der Waals surface area contributed by atoms with Gasteiger partial charge in [0.05, 0.1) is 10.4 Å². The highest BCUT2D eigenvalue weighted by Gasteiger charge is 2.32. The molecule has 31 heavy (non-hydrogen) atoms. The number of piperidine rings is 1. The number of benzene rings is 1. The van der Waals surface area contributed by atoms with Crippen LogP contribution in [0.4, 0.5) is 18.9 Å². The van der Waals surface area contributed by atoms with Gasteiger partial charge in [-0.15, -0.1) is 11.3 Å². The van der Waals surface area contributed by atoms with E-state index in [0.29, 0.717) is 11.7 Å². The maximum atomic E-state index is 13.0. The van der Waals surface area contributed by atoms with E-state index in [4.69, 9.17) is 0 Å². The van der Waals surface area contributed by atoms with E-state index in [-0.39, 0.29) is 5.78 Å². The number of likely N-dealkylation sites (tertiary alicyclic amines) is 1. The number of carbonyl (C=O) groups excluding carboxylic acids is 1. The van der Waals surface area contributed by atoms with Gasteiger partial charge in [0.1, 0.15) is 0 Å². The van der Waals surface area contributed by atoms with Gasteiger partial charge in [0.25, 0.3) is 0 Å². The van der Waals surface area contributed by atoms with E-state index in [0.717, 1.165) is 69.6 Å². The fraction of sp³-hybridized carbons (Fsp3) is 0.522. The average Bonchev–Trinajstić information content (AvgIpc) is 3.22. The summed E-state index contributed by atoms with van der Waals surface area (Å²) < 4.78 is 39.1. The first-order valence-electron chi connectivity index (χ1n) is 10.8. The van der Waals surface area contributed by atoms with Gasteiger partial charge in [-0.05, 0) is 61.5 Å². The number of nitrogens with zero attached hydrogens (tertiary/aromatic N) is 3. The minimum absolute atomic E-state index is 0.117. The highest BCUT2D eigenvalue weighted by molar-refractivity contribution is 7.12. The van der Waals surface area contributed by atoms with Crippen LogP contribution in [0.15, 0.2) is 35.7 Å². The molecule has 0 N–H and O–H groups in total. The second kappa shape index (κ2) is 9.30. The van der Waals surface area contributed by atoms with Gasteiger partial charge in [0, 0.05) is 51.0 Å². The molecule has 3 heterocycles. The molecule has 1 aromatic carbocycles. The number of thiophene rings is 1. The van der Waals surface area contributed by atoms with Gasteiger partial charge < -0.3 is 4.90 Å². The van der Waals surface area contributed by atoms with E-state index in [1.807, 2.05) is 6.07 Å². The van der Waals surface area contributed by atoms with Gasteiger partial charge in [-0.25, -0.2) is 0 Å². The number of ketones is 1. The predicted molar refractivity (Wildman–Crippen MR) is 118 cm³/mol. The molecule has 2 aromatic rings. The zero-order valence-corrected chi connectivity index (χ0v) is 18.5. The van der Waals surface area contributed by atoms with Gasteiger partial charge in [0.15, 0.2) is 5.78 Å². The lowest BCUT2D eigenvalue weighted by Crippen LogP contribution is -2.55. The summed E-state index contributed by atoms with van der Waals surface area (Å²) in [5.74, 6) is 0.117. The van der Waals surface area contributed by atoms with E-state index >= 15 is 0 Å². The third-order valence-electron chi connectivity index (χ3n) is 6.26. The van der Waals surface area contributed by atoms with Crippen LogP contribution in [0.25, 0.3) is 0 Å². The first-order valence-corrected chi connectivity index (χ1v) is 11.6. The summed E-state index contributed by atoms with van der Waals surface area (Å²) >= 11 is 1.51. The maximum absolute atomic E-state index is 13.0. The molecule has 2 aliphatic rings. The van der Waals surface area contributed by atoms with Crippen molar-refractivity contribution in [2.24, 2.45) is 0 Å². The van der Waals surface area contributed by atoms with Crippen LogP contribution in [0.3, 0.4) is 0 Å². The van der Waals surface area contributed by atoms with E-state index < -0.39 is 11.7 Å². The number of halogens is 3. The third kappa shape index (κ3) is 5.48. The largest absolute Gasteiger partial charge is 0.416 e. The van der Waals surface area contributed by atoms with Crippen LogP contribution in [0.5, 0.6) is 0 Å². The smallest absolute Gasteiger partial charge is 0.369 e. The molecular weight excluding hydrogens is 423 g/mol. The van der Waals surface area contributed by atoms with E-state index in [1.165, 1.54) is 29.0 Å². The number of carbonyl (C=O) groups is 1. The fourth-order valence-corrected chi connectivity index (χ4v) is 5.40. The van der Waals surface area contributed by atoms with Crippen molar-refractivity contribution in [3.05, 3.63) is 51.7 Å². The standard InChI is InChI=1S/C23H28F3N3OS/c1-17(30)22-12-18(16-31-22)14-27-7-3-6-21(15-27)29-10-8-28(9-11-29)20-5-2-4-19(13-20)23(24,25)26/h2,4-5,12-13,16,21H,3,6-11,14-15H2,1H3. The van der Waals surface area contributed by atoms with Crippen molar-refractivity contribution in [1.29, 1.82) is 0 Å². The minimum atomic E-state index is -4.31. The number of hydrogen-bond acceptors (Lipinski definition) is 5. The van der Waals surface area contributed by atoms with Gasteiger partial charge >= 0.3 is 6.18 Å². The summed E-state index contributed by atoms with van der Waals surface area (Å²) in [4.78, 5) is 19.4. The Hall–Kier alpha value is -1.90. The molecular formula is C23H28F3N3OS. The summed E-state index contributed by atoms with van der Waals surface area (Å²) in [6.07, 6.45) is -2.01. The Labute approximate surface area is 185 Å². The molecule has 4 nitrogen and oxygen atoms in total. The van der Waals surface area contributed by atoms with Gasteiger partial charge in [-0.1, -0.05) is 6.07 Å². The molecule has 0 aliphatic carbocycles. The molecule has 2 fully saturated rings. The highest BCUT2D eigenvalue weighted by Crippen LogP contribution is 2.32. The molecule has 0 amide bonds. The van der Waals surface area contributed by atoms with E-state index in [9.17, 15) is 18.0 Å². The van der Waals surface area contributed by atoms with Crippen molar-refractivity contribution in [3.63, 3.8) is 0 Å². The summed E-state index contributed by atoms with van der Waals surface area (Å²) in [5.41, 5.74) is 1.26. The summed E-state index contributed by atoms with van der Waals surface area (Å²) in [5, 5.41) is 2.08. The van der Waals surface area contributed by atoms with Crippen LogP contribution < -0.4 is 4.90 Å². The Morgan fingerprint density at radius 2 is 1.90 bits per heavy atom. The van der Waals surface area contributed by atoms with Crippen LogP contribution in [-0.2, 0) is 12.7 Å². The summed E-state index contributed by atoms with van der Waals surface area (Å²) in [7, 11) is 0. The van der Waals surface area contributed by atoms with E-state index in [2.05, 4.69) is 20.1 Å². The first-order chi connectivity index (χ1) is 14.8.